The summed E-state index contributed by atoms with van der Waals surface area (Å²) in [5, 5.41) is 6.43. The maximum absolute atomic E-state index is 12.0. The van der Waals surface area contributed by atoms with E-state index in [-0.39, 0.29) is 30.0 Å². The molecule has 2 aliphatic rings. The van der Waals surface area contributed by atoms with Crippen LogP contribution in [0.4, 0.5) is 16.2 Å². The van der Waals surface area contributed by atoms with E-state index >= 15 is 0 Å². The molecule has 22 heavy (non-hydrogen) atoms. The van der Waals surface area contributed by atoms with Gasteiger partial charge in [-0.3, -0.25) is 14.5 Å². The third-order valence-corrected chi connectivity index (χ3v) is 3.36. The molecular formula is C14H14N4O4. The van der Waals surface area contributed by atoms with Gasteiger partial charge in [-0.05, 0) is 24.3 Å². The molecule has 2 aliphatic heterocycles. The van der Waals surface area contributed by atoms with E-state index in [2.05, 4.69) is 15.8 Å². The van der Waals surface area contributed by atoms with Crippen molar-refractivity contribution in [3.63, 3.8) is 0 Å². The number of nitrogens with one attached hydrogen (secondary N) is 2. The molecular weight excluding hydrogens is 288 g/mol. The second-order valence-electron chi connectivity index (χ2n) is 4.86. The van der Waals surface area contributed by atoms with Gasteiger partial charge in [0, 0.05) is 24.2 Å². The van der Waals surface area contributed by atoms with Gasteiger partial charge in [0.1, 0.15) is 12.3 Å². The Hall–Kier alpha value is -2.90. The minimum atomic E-state index is -0.371. The van der Waals surface area contributed by atoms with Crippen LogP contribution in [0.5, 0.6) is 0 Å². The second-order valence-corrected chi connectivity index (χ2v) is 4.86. The number of benzene rings is 1. The van der Waals surface area contributed by atoms with Crippen LogP contribution in [0, 0.1) is 0 Å². The van der Waals surface area contributed by atoms with Gasteiger partial charge < -0.3 is 10.1 Å². The van der Waals surface area contributed by atoms with Crippen molar-refractivity contribution in [2.45, 2.75) is 12.8 Å². The molecule has 2 heterocycles. The van der Waals surface area contributed by atoms with Crippen LogP contribution in [0.1, 0.15) is 12.8 Å². The zero-order valence-electron chi connectivity index (χ0n) is 11.7. The molecule has 0 radical (unpaired) electrons. The standard InChI is InChI=1S/C14H14N4O4/c19-12-6-5-11(16-17-12)13(20)15-9-1-3-10(4-2-9)18-7-8-22-14(18)21/h1-4H,5-8H2,(H,15,20)(H,17,19). The van der Waals surface area contributed by atoms with Gasteiger partial charge in [-0.25, -0.2) is 10.2 Å². The highest BCUT2D eigenvalue weighted by Crippen LogP contribution is 2.21. The second kappa shape index (κ2) is 5.84. The van der Waals surface area contributed by atoms with E-state index in [4.69, 9.17) is 4.74 Å². The van der Waals surface area contributed by atoms with Crippen LogP contribution in [0.2, 0.25) is 0 Å². The van der Waals surface area contributed by atoms with Gasteiger partial charge in [-0.15, -0.1) is 0 Å². The molecule has 0 spiro atoms. The van der Waals surface area contributed by atoms with Crippen molar-refractivity contribution in [2.75, 3.05) is 23.4 Å². The molecule has 1 saturated heterocycles. The van der Waals surface area contributed by atoms with Gasteiger partial charge in [0.15, 0.2) is 0 Å². The first-order valence-corrected chi connectivity index (χ1v) is 6.84. The fourth-order valence-electron chi connectivity index (χ4n) is 2.19. The number of hydrazone groups is 1. The number of carbonyl (C=O) groups excluding carboxylic acids is 3. The fourth-order valence-corrected chi connectivity index (χ4v) is 2.19. The van der Waals surface area contributed by atoms with Crippen molar-refractivity contribution in [3.05, 3.63) is 24.3 Å². The van der Waals surface area contributed by atoms with Crippen LogP contribution in [0.3, 0.4) is 0 Å². The number of ether oxygens (including phenoxy) is 1. The highest BCUT2D eigenvalue weighted by atomic mass is 16.6. The summed E-state index contributed by atoms with van der Waals surface area (Å²) in [6.45, 7) is 0.893. The van der Waals surface area contributed by atoms with E-state index in [1.165, 1.54) is 4.90 Å². The number of hydrogen-bond donors (Lipinski definition) is 2. The lowest BCUT2D eigenvalue weighted by atomic mass is 10.1. The van der Waals surface area contributed by atoms with Gasteiger partial charge in [0.25, 0.3) is 5.91 Å². The minimum Gasteiger partial charge on any atom is -0.447 e. The maximum atomic E-state index is 12.0. The Morgan fingerprint density at radius 3 is 2.59 bits per heavy atom. The van der Waals surface area contributed by atoms with Gasteiger partial charge >= 0.3 is 6.09 Å². The van der Waals surface area contributed by atoms with Crippen LogP contribution in [-0.2, 0) is 14.3 Å². The van der Waals surface area contributed by atoms with E-state index in [0.29, 0.717) is 30.9 Å². The average Bonchev–Trinajstić information content (AvgIpc) is 2.95. The average molecular weight is 302 g/mol. The Morgan fingerprint density at radius 2 is 2.00 bits per heavy atom. The van der Waals surface area contributed by atoms with E-state index in [1.807, 2.05) is 0 Å². The third kappa shape index (κ3) is 2.90. The van der Waals surface area contributed by atoms with E-state index in [9.17, 15) is 14.4 Å². The lowest BCUT2D eigenvalue weighted by Crippen LogP contribution is -2.32. The molecule has 1 aromatic carbocycles. The number of hydrogen-bond acceptors (Lipinski definition) is 5. The van der Waals surface area contributed by atoms with E-state index in [1.54, 1.807) is 24.3 Å². The quantitative estimate of drug-likeness (QED) is 0.864. The van der Waals surface area contributed by atoms with Gasteiger partial charge in [0.2, 0.25) is 5.91 Å². The van der Waals surface area contributed by atoms with E-state index < -0.39 is 0 Å². The first-order valence-electron chi connectivity index (χ1n) is 6.84. The van der Waals surface area contributed by atoms with Crippen molar-refractivity contribution in [1.29, 1.82) is 0 Å². The highest BCUT2D eigenvalue weighted by Gasteiger charge is 2.23. The summed E-state index contributed by atoms with van der Waals surface area (Å²) in [5.74, 6) is -0.549. The molecule has 0 aliphatic carbocycles. The Bertz CT molecular complexity index is 653. The lowest BCUT2D eigenvalue weighted by molar-refractivity contribution is -0.121. The largest absolute Gasteiger partial charge is 0.447 e. The first kappa shape index (κ1) is 14.1. The molecule has 0 bridgehead atoms. The molecule has 8 heteroatoms. The molecule has 114 valence electrons. The van der Waals surface area contributed by atoms with Crippen LogP contribution in [0.25, 0.3) is 0 Å². The van der Waals surface area contributed by atoms with E-state index in [0.717, 1.165) is 0 Å². The molecule has 3 amide bonds. The Balaban J connectivity index is 1.65. The summed E-state index contributed by atoms with van der Waals surface area (Å²) in [6.07, 6.45) is 0.196. The summed E-state index contributed by atoms with van der Waals surface area (Å²) < 4.78 is 4.87. The zero-order chi connectivity index (χ0) is 15.5. The van der Waals surface area contributed by atoms with Crippen LogP contribution in [-0.4, -0.2) is 36.8 Å². The number of nitrogens with zero attached hydrogens (tertiary/aromatic N) is 2. The Labute approximate surface area is 126 Å². The lowest BCUT2D eigenvalue weighted by Gasteiger charge is -2.14. The van der Waals surface area contributed by atoms with Crippen molar-refractivity contribution < 1.29 is 19.1 Å². The predicted molar refractivity (Wildman–Crippen MR) is 78.6 cm³/mol. The molecule has 0 atom stereocenters. The molecule has 0 aromatic heterocycles. The smallest absolute Gasteiger partial charge is 0.414 e. The minimum absolute atomic E-state index is 0.196. The van der Waals surface area contributed by atoms with Crippen LogP contribution >= 0.6 is 0 Å². The van der Waals surface area contributed by atoms with Gasteiger partial charge in [0.05, 0.1) is 6.54 Å². The monoisotopic (exact) mass is 302 g/mol. The number of rotatable bonds is 3. The molecule has 1 fully saturated rings. The van der Waals surface area contributed by atoms with Crippen molar-refractivity contribution in [1.82, 2.24) is 5.43 Å². The number of cyclic esters (lactones) is 1. The van der Waals surface area contributed by atoms with Gasteiger partial charge in [-0.1, -0.05) is 0 Å². The molecule has 1 aromatic rings. The normalized spacial score (nSPS) is 17.6. The first-order chi connectivity index (χ1) is 10.6. The molecule has 0 saturated carbocycles. The topological polar surface area (TPSA) is 100 Å². The van der Waals surface area contributed by atoms with Crippen molar-refractivity contribution in [2.24, 2.45) is 5.10 Å². The Morgan fingerprint density at radius 1 is 1.23 bits per heavy atom. The number of carbonyl (C=O) groups is 3. The molecule has 8 nitrogen and oxygen atoms in total. The highest BCUT2D eigenvalue weighted by molar-refractivity contribution is 6.43. The number of amides is 3. The summed E-state index contributed by atoms with van der Waals surface area (Å²) in [7, 11) is 0. The molecule has 2 N–H and O–H groups in total. The summed E-state index contributed by atoms with van der Waals surface area (Å²) in [6, 6.07) is 6.85. The fraction of sp³-hybridized carbons (Fsp3) is 0.286. The molecule has 0 unspecified atom stereocenters. The SMILES string of the molecule is O=C1CCC(C(=O)Nc2ccc(N3CCOC3=O)cc2)=NN1. The van der Waals surface area contributed by atoms with Crippen molar-refractivity contribution in [3.8, 4) is 0 Å². The number of anilines is 2. The predicted octanol–water partition coefficient (Wildman–Crippen LogP) is 0.848. The zero-order valence-corrected chi connectivity index (χ0v) is 11.7. The van der Waals surface area contributed by atoms with Crippen LogP contribution < -0.4 is 15.6 Å². The molecule has 3 rings (SSSR count). The summed E-state index contributed by atoms with van der Waals surface area (Å²) in [5.41, 5.74) is 3.86. The summed E-state index contributed by atoms with van der Waals surface area (Å²) in [4.78, 5) is 36.0. The third-order valence-electron chi connectivity index (χ3n) is 3.36. The maximum Gasteiger partial charge on any atom is 0.414 e. The van der Waals surface area contributed by atoms with Gasteiger partial charge in [-0.2, -0.15) is 5.10 Å². The Kier molecular flexibility index (Phi) is 3.73. The van der Waals surface area contributed by atoms with Crippen LogP contribution in [0.15, 0.2) is 29.4 Å². The van der Waals surface area contributed by atoms with Crippen molar-refractivity contribution >= 4 is 35.0 Å². The summed E-state index contributed by atoms with van der Waals surface area (Å²) >= 11 is 0.